The third kappa shape index (κ3) is 3.39. The van der Waals surface area contributed by atoms with E-state index in [-0.39, 0.29) is 12.0 Å². The lowest BCUT2D eigenvalue weighted by molar-refractivity contribution is -0.143. The van der Waals surface area contributed by atoms with Crippen molar-refractivity contribution in [3.63, 3.8) is 0 Å². The maximum atomic E-state index is 11.8. The highest BCUT2D eigenvalue weighted by Gasteiger charge is 2.29. The molecule has 1 heterocycles. The highest BCUT2D eigenvalue weighted by atomic mass is 16.5. The first-order valence-corrected chi connectivity index (χ1v) is 7.43. The van der Waals surface area contributed by atoms with Crippen molar-refractivity contribution < 1.29 is 9.53 Å². The zero-order valence-corrected chi connectivity index (χ0v) is 12.9. The van der Waals surface area contributed by atoms with Crippen LogP contribution in [0, 0.1) is 13.8 Å². The molecule has 1 aromatic heterocycles. The molecule has 1 aliphatic carbocycles. The van der Waals surface area contributed by atoms with Gasteiger partial charge in [0.05, 0.1) is 12.8 Å². The van der Waals surface area contributed by atoms with Crippen molar-refractivity contribution in [1.82, 2.24) is 15.1 Å². The molecule has 20 heavy (non-hydrogen) atoms. The maximum Gasteiger partial charge on any atom is 0.322 e. The molecule has 1 unspecified atom stereocenters. The monoisotopic (exact) mass is 279 g/mol. The van der Waals surface area contributed by atoms with E-state index in [4.69, 9.17) is 4.74 Å². The minimum Gasteiger partial charge on any atom is -0.468 e. The Bertz CT molecular complexity index is 478. The first kappa shape index (κ1) is 15.0. The van der Waals surface area contributed by atoms with Gasteiger partial charge >= 0.3 is 5.97 Å². The average molecular weight is 279 g/mol. The Morgan fingerprint density at radius 2 is 2.20 bits per heavy atom. The molecule has 1 fully saturated rings. The predicted molar refractivity (Wildman–Crippen MR) is 77.7 cm³/mol. The summed E-state index contributed by atoms with van der Waals surface area (Å²) in [7, 11) is 1.45. The summed E-state index contributed by atoms with van der Waals surface area (Å²) < 4.78 is 6.89. The summed E-state index contributed by atoms with van der Waals surface area (Å²) in [4.78, 5) is 11.8. The van der Waals surface area contributed by atoms with Crippen molar-refractivity contribution in [3.8, 4) is 0 Å². The van der Waals surface area contributed by atoms with E-state index in [0.717, 1.165) is 31.5 Å². The molecule has 2 rings (SSSR count). The first-order chi connectivity index (χ1) is 9.56. The molecule has 0 amide bonds. The second kappa shape index (κ2) is 6.39. The van der Waals surface area contributed by atoms with Gasteiger partial charge in [0, 0.05) is 18.3 Å². The number of ether oxygens (including phenoxy) is 1. The lowest BCUT2D eigenvalue weighted by atomic mass is 10.1. The molecular weight excluding hydrogens is 254 g/mol. The van der Waals surface area contributed by atoms with Crippen LogP contribution in [-0.2, 0) is 22.5 Å². The maximum absolute atomic E-state index is 11.8. The molecule has 0 bridgehead atoms. The van der Waals surface area contributed by atoms with Gasteiger partial charge in [-0.25, -0.2) is 0 Å². The van der Waals surface area contributed by atoms with E-state index < -0.39 is 0 Å². The lowest BCUT2D eigenvalue weighted by Gasteiger charge is -2.16. The number of aryl methyl sites for hydroxylation is 2. The fourth-order valence-corrected chi connectivity index (χ4v) is 2.66. The van der Waals surface area contributed by atoms with Gasteiger partial charge in [-0.15, -0.1) is 0 Å². The Labute approximate surface area is 120 Å². The molecule has 1 atom stereocenters. The molecule has 5 nitrogen and oxygen atoms in total. The Kier molecular flexibility index (Phi) is 4.81. The molecule has 0 aliphatic heterocycles. The zero-order valence-electron chi connectivity index (χ0n) is 12.9. The number of esters is 1. The number of hydrogen-bond acceptors (Lipinski definition) is 4. The van der Waals surface area contributed by atoms with Crippen LogP contribution in [0.1, 0.15) is 43.1 Å². The normalized spacial score (nSPS) is 16.2. The van der Waals surface area contributed by atoms with Gasteiger partial charge < -0.3 is 10.1 Å². The van der Waals surface area contributed by atoms with Gasteiger partial charge in [0.25, 0.3) is 0 Å². The largest absolute Gasteiger partial charge is 0.468 e. The molecular formula is C15H25N3O2. The molecule has 1 aliphatic rings. The summed E-state index contributed by atoms with van der Waals surface area (Å²) in [6.45, 7) is 7.03. The summed E-state index contributed by atoms with van der Waals surface area (Å²) >= 11 is 0. The third-order valence-corrected chi connectivity index (χ3v) is 4.01. The minimum atomic E-state index is -0.221. The van der Waals surface area contributed by atoms with Crippen LogP contribution in [0.5, 0.6) is 0 Å². The van der Waals surface area contributed by atoms with E-state index in [1.165, 1.54) is 18.4 Å². The fraction of sp³-hybridized carbons (Fsp3) is 0.733. The third-order valence-electron chi connectivity index (χ3n) is 4.01. The zero-order chi connectivity index (χ0) is 14.7. The van der Waals surface area contributed by atoms with Crippen LogP contribution in [0.15, 0.2) is 0 Å². The van der Waals surface area contributed by atoms with E-state index in [9.17, 15) is 4.79 Å². The molecule has 5 heteroatoms. The minimum absolute atomic E-state index is 0.172. The molecule has 0 saturated heterocycles. The number of nitrogens with zero attached hydrogens (tertiary/aromatic N) is 2. The van der Waals surface area contributed by atoms with Gasteiger partial charge in [-0.3, -0.25) is 9.48 Å². The number of carbonyl (C=O) groups is 1. The SMILES string of the molecule is CCc1c(C)nn(CCC(NC2CC2)C(=O)OC)c1C. The Hall–Kier alpha value is -1.36. The highest BCUT2D eigenvalue weighted by molar-refractivity contribution is 5.75. The van der Waals surface area contributed by atoms with Crippen LogP contribution < -0.4 is 5.32 Å². The van der Waals surface area contributed by atoms with Crippen LogP contribution in [0.2, 0.25) is 0 Å². The lowest BCUT2D eigenvalue weighted by Crippen LogP contribution is -2.39. The summed E-state index contributed by atoms with van der Waals surface area (Å²) in [5.41, 5.74) is 3.62. The Balaban J connectivity index is 1.99. The van der Waals surface area contributed by atoms with E-state index in [1.807, 2.05) is 11.6 Å². The number of hydrogen-bond donors (Lipinski definition) is 1. The quantitative estimate of drug-likeness (QED) is 0.773. The number of methoxy groups -OCH3 is 1. The summed E-state index contributed by atoms with van der Waals surface area (Å²) in [5.74, 6) is -0.172. The van der Waals surface area contributed by atoms with Crippen molar-refractivity contribution >= 4 is 5.97 Å². The molecule has 0 radical (unpaired) electrons. The van der Waals surface area contributed by atoms with Gasteiger partial charge in [-0.2, -0.15) is 5.10 Å². The smallest absolute Gasteiger partial charge is 0.322 e. The van der Waals surface area contributed by atoms with Gasteiger partial charge in [-0.1, -0.05) is 6.92 Å². The van der Waals surface area contributed by atoms with Crippen molar-refractivity contribution in [2.24, 2.45) is 0 Å². The second-order valence-electron chi connectivity index (χ2n) is 5.53. The summed E-state index contributed by atoms with van der Waals surface area (Å²) in [6.07, 6.45) is 4.04. The van der Waals surface area contributed by atoms with Gasteiger partial charge in [0.1, 0.15) is 6.04 Å². The van der Waals surface area contributed by atoms with Gasteiger partial charge in [0.15, 0.2) is 0 Å². The van der Waals surface area contributed by atoms with Crippen molar-refractivity contribution in [2.45, 2.75) is 65.1 Å². The first-order valence-electron chi connectivity index (χ1n) is 7.43. The average Bonchev–Trinajstić information content (AvgIpc) is 3.20. The Morgan fingerprint density at radius 3 is 2.70 bits per heavy atom. The van der Waals surface area contributed by atoms with E-state index in [2.05, 4.69) is 24.3 Å². The molecule has 112 valence electrons. The molecule has 1 N–H and O–H groups in total. The predicted octanol–water partition coefficient (Wildman–Crippen LogP) is 1.75. The summed E-state index contributed by atoms with van der Waals surface area (Å²) in [5, 5.41) is 7.92. The number of carbonyl (C=O) groups excluding carboxylic acids is 1. The van der Waals surface area contributed by atoms with Crippen LogP contribution in [0.4, 0.5) is 0 Å². The molecule has 1 aromatic rings. The topological polar surface area (TPSA) is 56.2 Å². The van der Waals surface area contributed by atoms with Crippen LogP contribution >= 0.6 is 0 Å². The van der Waals surface area contributed by atoms with E-state index >= 15 is 0 Å². The van der Waals surface area contributed by atoms with Gasteiger partial charge in [-0.05, 0) is 45.1 Å². The Morgan fingerprint density at radius 1 is 1.50 bits per heavy atom. The van der Waals surface area contributed by atoms with Crippen LogP contribution in [0.25, 0.3) is 0 Å². The number of rotatable bonds is 7. The van der Waals surface area contributed by atoms with E-state index in [0.29, 0.717) is 12.5 Å². The van der Waals surface area contributed by atoms with Crippen molar-refractivity contribution in [3.05, 3.63) is 17.0 Å². The molecule has 0 aromatic carbocycles. The highest BCUT2D eigenvalue weighted by Crippen LogP contribution is 2.21. The summed E-state index contributed by atoms with van der Waals surface area (Å²) in [6, 6.07) is 0.271. The van der Waals surface area contributed by atoms with E-state index in [1.54, 1.807) is 0 Å². The van der Waals surface area contributed by atoms with Crippen LogP contribution in [0.3, 0.4) is 0 Å². The number of nitrogens with one attached hydrogen (secondary N) is 1. The van der Waals surface area contributed by atoms with Crippen molar-refractivity contribution in [1.29, 1.82) is 0 Å². The second-order valence-corrected chi connectivity index (χ2v) is 5.53. The molecule has 1 saturated carbocycles. The van der Waals surface area contributed by atoms with Gasteiger partial charge in [0.2, 0.25) is 0 Å². The fourth-order valence-electron chi connectivity index (χ4n) is 2.66. The molecule has 0 spiro atoms. The van der Waals surface area contributed by atoms with Crippen molar-refractivity contribution in [2.75, 3.05) is 7.11 Å². The number of aromatic nitrogens is 2. The standard InChI is InChI=1S/C15H25N3O2/c1-5-13-10(2)17-18(11(13)3)9-8-14(15(19)20-4)16-12-6-7-12/h12,14,16H,5-9H2,1-4H3. The van der Waals surface area contributed by atoms with Crippen LogP contribution in [-0.4, -0.2) is 34.9 Å².